The second-order valence-corrected chi connectivity index (χ2v) is 6.18. The van der Waals surface area contributed by atoms with E-state index in [9.17, 15) is 13.6 Å². The third-order valence-corrected chi connectivity index (χ3v) is 4.33. The largest absolute Gasteiger partial charge is 0.345 e. The molecule has 0 aliphatic heterocycles. The summed E-state index contributed by atoms with van der Waals surface area (Å²) in [6.45, 7) is 0.509. The number of halogens is 2. The molecule has 6 heteroatoms. The number of carbonyl (C=O) groups excluding carboxylic acids is 1. The average molecular weight is 350 g/mol. The van der Waals surface area contributed by atoms with Crippen molar-refractivity contribution in [3.63, 3.8) is 0 Å². The van der Waals surface area contributed by atoms with E-state index in [0.717, 1.165) is 23.1 Å². The van der Waals surface area contributed by atoms with Gasteiger partial charge in [0, 0.05) is 23.4 Å². The predicted octanol–water partition coefficient (Wildman–Crippen LogP) is 3.50. The van der Waals surface area contributed by atoms with Gasteiger partial charge in [0.15, 0.2) is 0 Å². The zero-order valence-corrected chi connectivity index (χ0v) is 14.4. The molecule has 0 heterocycles. The Morgan fingerprint density at radius 3 is 2.71 bits per heavy atom. The number of hydrogen-bond donors (Lipinski definition) is 2. The Labute approximate surface area is 144 Å². The first-order chi connectivity index (χ1) is 11.5. The summed E-state index contributed by atoms with van der Waals surface area (Å²) in [5.41, 5.74) is 0.829. The summed E-state index contributed by atoms with van der Waals surface area (Å²) < 4.78 is 27.9. The molecule has 0 fully saturated rings. The van der Waals surface area contributed by atoms with Crippen molar-refractivity contribution in [2.24, 2.45) is 0 Å². The van der Waals surface area contributed by atoms with Gasteiger partial charge in [0.05, 0.1) is 6.04 Å². The maximum absolute atomic E-state index is 14.3. The van der Waals surface area contributed by atoms with Crippen LogP contribution < -0.4 is 10.6 Å². The normalized spacial score (nSPS) is 12.0. The van der Waals surface area contributed by atoms with E-state index < -0.39 is 17.7 Å². The van der Waals surface area contributed by atoms with Crippen molar-refractivity contribution in [2.45, 2.75) is 17.4 Å². The quantitative estimate of drug-likeness (QED) is 0.751. The number of amides is 1. The molecule has 0 bridgehead atoms. The van der Waals surface area contributed by atoms with Gasteiger partial charge in [0.1, 0.15) is 11.6 Å². The fraction of sp³-hybridized carbons (Fsp3) is 0.278. The SMILES string of the molecule is CNCCC(=O)NC(c1cccc(SC)c1)c1cc(F)ccc1F. The number of rotatable bonds is 7. The van der Waals surface area contributed by atoms with Crippen LogP contribution in [0.15, 0.2) is 47.4 Å². The van der Waals surface area contributed by atoms with Crippen LogP contribution in [0, 0.1) is 11.6 Å². The van der Waals surface area contributed by atoms with Gasteiger partial charge in [-0.25, -0.2) is 8.78 Å². The number of nitrogens with one attached hydrogen (secondary N) is 2. The Morgan fingerprint density at radius 2 is 2.00 bits per heavy atom. The smallest absolute Gasteiger partial charge is 0.222 e. The van der Waals surface area contributed by atoms with Crippen LogP contribution in [0.3, 0.4) is 0 Å². The second kappa shape index (κ2) is 8.80. The summed E-state index contributed by atoms with van der Waals surface area (Å²) in [4.78, 5) is 13.1. The maximum atomic E-state index is 14.3. The molecule has 1 amide bonds. The van der Waals surface area contributed by atoms with Gasteiger partial charge in [0.2, 0.25) is 5.91 Å². The molecule has 2 aromatic carbocycles. The summed E-state index contributed by atoms with van der Waals surface area (Å²) in [5.74, 6) is -1.32. The molecule has 1 atom stereocenters. The van der Waals surface area contributed by atoms with Gasteiger partial charge < -0.3 is 10.6 Å². The van der Waals surface area contributed by atoms with E-state index >= 15 is 0 Å². The summed E-state index contributed by atoms with van der Waals surface area (Å²) in [7, 11) is 1.75. The minimum atomic E-state index is -0.739. The Bertz CT molecular complexity index is 709. The Balaban J connectivity index is 2.40. The predicted molar refractivity (Wildman–Crippen MR) is 93.1 cm³/mol. The highest BCUT2D eigenvalue weighted by atomic mass is 32.2. The molecule has 2 rings (SSSR count). The average Bonchev–Trinajstić information content (AvgIpc) is 2.60. The van der Waals surface area contributed by atoms with Crippen molar-refractivity contribution < 1.29 is 13.6 Å². The van der Waals surface area contributed by atoms with E-state index in [1.165, 1.54) is 0 Å². The van der Waals surface area contributed by atoms with Gasteiger partial charge >= 0.3 is 0 Å². The molecule has 1 unspecified atom stereocenters. The summed E-state index contributed by atoms with van der Waals surface area (Å²) >= 11 is 1.55. The second-order valence-electron chi connectivity index (χ2n) is 5.30. The standard InChI is InChI=1S/C18H20F2N2OS/c1-21-9-8-17(23)22-18(12-4-3-5-14(10-12)24-2)15-11-13(19)6-7-16(15)20/h3-7,10-11,18,21H,8-9H2,1-2H3,(H,22,23). The van der Waals surface area contributed by atoms with E-state index in [-0.39, 0.29) is 17.9 Å². The van der Waals surface area contributed by atoms with Gasteiger partial charge in [-0.1, -0.05) is 12.1 Å². The van der Waals surface area contributed by atoms with Crippen molar-refractivity contribution >= 4 is 17.7 Å². The first kappa shape index (κ1) is 18.4. The van der Waals surface area contributed by atoms with Crippen LogP contribution in [0.4, 0.5) is 8.78 Å². The van der Waals surface area contributed by atoms with Crippen LogP contribution in [0.1, 0.15) is 23.6 Å². The van der Waals surface area contributed by atoms with Gasteiger partial charge in [-0.15, -0.1) is 11.8 Å². The van der Waals surface area contributed by atoms with E-state index in [1.807, 2.05) is 24.5 Å². The lowest BCUT2D eigenvalue weighted by molar-refractivity contribution is -0.121. The fourth-order valence-electron chi connectivity index (χ4n) is 2.37. The number of hydrogen-bond acceptors (Lipinski definition) is 3. The lowest BCUT2D eigenvalue weighted by Crippen LogP contribution is -2.31. The van der Waals surface area contributed by atoms with Crippen LogP contribution >= 0.6 is 11.8 Å². The maximum Gasteiger partial charge on any atom is 0.222 e. The van der Waals surface area contributed by atoms with Gasteiger partial charge in [0.25, 0.3) is 0 Å². The molecule has 24 heavy (non-hydrogen) atoms. The molecule has 2 aromatic rings. The van der Waals surface area contributed by atoms with Gasteiger partial charge in [-0.3, -0.25) is 4.79 Å². The summed E-state index contributed by atoms with van der Waals surface area (Å²) in [6.07, 6.45) is 2.19. The molecule has 3 nitrogen and oxygen atoms in total. The van der Waals surface area contributed by atoms with Gasteiger partial charge in [-0.2, -0.15) is 0 Å². The third-order valence-electron chi connectivity index (χ3n) is 3.60. The topological polar surface area (TPSA) is 41.1 Å². The molecule has 0 aromatic heterocycles. The minimum absolute atomic E-state index is 0.117. The van der Waals surface area contributed by atoms with Crippen LogP contribution in [0.5, 0.6) is 0 Å². The summed E-state index contributed by atoms with van der Waals surface area (Å²) in [5, 5.41) is 5.70. The van der Waals surface area contributed by atoms with Crippen molar-refractivity contribution in [1.82, 2.24) is 10.6 Å². The highest BCUT2D eigenvalue weighted by Crippen LogP contribution is 2.28. The molecular formula is C18H20F2N2OS. The first-order valence-electron chi connectivity index (χ1n) is 7.58. The lowest BCUT2D eigenvalue weighted by Gasteiger charge is -2.21. The van der Waals surface area contributed by atoms with Crippen LogP contribution in [0.25, 0.3) is 0 Å². The number of benzene rings is 2. The van der Waals surface area contributed by atoms with Gasteiger partial charge in [-0.05, 0) is 49.2 Å². The molecule has 0 radical (unpaired) electrons. The highest BCUT2D eigenvalue weighted by Gasteiger charge is 2.21. The fourth-order valence-corrected chi connectivity index (χ4v) is 2.84. The molecule has 0 aliphatic rings. The molecule has 2 N–H and O–H groups in total. The van der Waals surface area contributed by atoms with Crippen LogP contribution in [-0.2, 0) is 4.79 Å². The molecule has 0 saturated carbocycles. The van der Waals surface area contributed by atoms with Crippen LogP contribution in [0.2, 0.25) is 0 Å². The lowest BCUT2D eigenvalue weighted by atomic mass is 9.97. The van der Waals surface area contributed by atoms with E-state index in [0.29, 0.717) is 12.1 Å². The van der Waals surface area contributed by atoms with Crippen molar-refractivity contribution in [2.75, 3.05) is 19.8 Å². The molecule has 0 spiro atoms. The summed E-state index contributed by atoms with van der Waals surface area (Å²) in [6, 6.07) is 9.97. The number of thioether (sulfide) groups is 1. The molecular weight excluding hydrogens is 330 g/mol. The zero-order valence-electron chi connectivity index (χ0n) is 13.6. The highest BCUT2D eigenvalue weighted by molar-refractivity contribution is 7.98. The number of carbonyl (C=O) groups is 1. The minimum Gasteiger partial charge on any atom is -0.345 e. The molecule has 128 valence electrons. The van der Waals surface area contributed by atoms with Crippen LogP contribution in [-0.4, -0.2) is 25.8 Å². The Kier molecular flexibility index (Phi) is 6.75. The van der Waals surface area contributed by atoms with E-state index in [1.54, 1.807) is 24.9 Å². The van der Waals surface area contributed by atoms with E-state index in [2.05, 4.69) is 10.6 Å². The Morgan fingerprint density at radius 1 is 1.21 bits per heavy atom. The van der Waals surface area contributed by atoms with Crippen molar-refractivity contribution in [3.8, 4) is 0 Å². The molecule has 0 aliphatic carbocycles. The van der Waals surface area contributed by atoms with Crippen molar-refractivity contribution in [1.29, 1.82) is 0 Å². The molecule has 0 saturated heterocycles. The van der Waals surface area contributed by atoms with Crippen molar-refractivity contribution in [3.05, 3.63) is 65.2 Å². The monoisotopic (exact) mass is 350 g/mol. The zero-order chi connectivity index (χ0) is 17.5. The first-order valence-corrected chi connectivity index (χ1v) is 8.80. The third kappa shape index (κ3) is 4.79. The van der Waals surface area contributed by atoms with E-state index in [4.69, 9.17) is 0 Å². The Hall–Kier alpha value is -1.92.